The van der Waals surface area contributed by atoms with Crippen molar-refractivity contribution in [2.24, 2.45) is 0 Å². The van der Waals surface area contributed by atoms with Crippen LogP contribution in [0.5, 0.6) is 11.5 Å². The second-order valence-electron chi connectivity index (χ2n) is 7.44. The summed E-state index contributed by atoms with van der Waals surface area (Å²) >= 11 is 1.37. The molecule has 0 aliphatic carbocycles. The zero-order valence-corrected chi connectivity index (χ0v) is 18.3. The fraction of sp³-hybridized carbons (Fsp3) is 0.130. The molecule has 3 heterocycles. The number of fused-ring (bicyclic) bond motifs is 2. The van der Waals surface area contributed by atoms with E-state index in [4.69, 9.17) is 9.47 Å². The molecule has 4 aromatic rings. The van der Waals surface area contributed by atoms with Gasteiger partial charge in [0.15, 0.2) is 11.5 Å². The molecule has 0 saturated heterocycles. The summed E-state index contributed by atoms with van der Waals surface area (Å²) in [6, 6.07) is 12.0. The van der Waals surface area contributed by atoms with E-state index in [1.54, 1.807) is 18.2 Å². The molecule has 0 fully saturated rings. The number of nitrogens with zero attached hydrogens (tertiary/aromatic N) is 2. The van der Waals surface area contributed by atoms with Crippen LogP contribution >= 0.6 is 11.3 Å². The predicted octanol–water partition coefficient (Wildman–Crippen LogP) is 3.51. The van der Waals surface area contributed by atoms with Gasteiger partial charge in [-0.2, -0.15) is 0 Å². The van der Waals surface area contributed by atoms with Crippen molar-refractivity contribution in [3.63, 3.8) is 0 Å². The Morgan fingerprint density at radius 2 is 1.91 bits per heavy atom. The van der Waals surface area contributed by atoms with Crippen molar-refractivity contribution in [1.82, 2.24) is 14.9 Å². The van der Waals surface area contributed by atoms with Crippen molar-refractivity contribution in [2.75, 3.05) is 12.1 Å². The smallest absolute Gasteiger partial charge is 0.325 e. The summed E-state index contributed by atoms with van der Waals surface area (Å²) in [6.45, 7) is 1.76. The highest BCUT2D eigenvalue weighted by atomic mass is 32.1. The van der Waals surface area contributed by atoms with Crippen LogP contribution in [0.1, 0.15) is 5.56 Å². The lowest BCUT2D eigenvalue weighted by atomic mass is 10.1. The monoisotopic (exact) mass is 462 g/mol. The Labute approximate surface area is 191 Å². The van der Waals surface area contributed by atoms with Gasteiger partial charge in [0.25, 0.3) is 5.56 Å². The van der Waals surface area contributed by atoms with E-state index in [-0.39, 0.29) is 18.9 Å². The van der Waals surface area contributed by atoms with Gasteiger partial charge in [-0.05, 0) is 24.6 Å². The van der Waals surface area contributed by atoms with Crippen LogP contribution in [0.2, 0.25) is 0 Å². The summed E-state index contributed by atoms with van der Waals surface area (Å²) in [5.41, 5.74) is 2.87. The number of hydrogen-bond acceptors (Lipinski definition) is 7. The number of carbonyl (C=O) groups is 2. The summed E-state index contributed by atoms with van der Waals surface area (Å²) in [6.07, 6.45) is 1.31. The largest absolute Gasteiger partial charge is 0.454 e. The first-order valence-corrected chi connectivity index (χ1v) is 10.9. The average molecular weight is 462 g/mol. The minimum absolute atomic E-state index is 0.117. The molecule has 1 aliphatic heterocycles. The second-order valence-corrected chi connectivity index (χ2v) is 8.30. The third-order valence-electron chi connectivity index (χ3n) is 5.12. The first-order valence-electron chi connectivity index (χ1n) is 10.0. The van der Waals surface area contributed by atoms with Gasteiger partial charge in [-0.1, -0.05) is 29.8 Å². The lowest BCUT2D eigenvalue weighted by Crippen LogP contribution is -2.38. The van der Waals surface area contributed by atoms with E-state index in [1.165, 1.54) is 22.2 Å². The minimum atomic E-state index is -0.725. The van der Waals surface area contributed by atoms with E-state index in [0.29, 0.717) is 27.4 Å². The summed E-state index contributed by atoms with van der Waals surface area (Å²) in [5.74, 6) is 0.437. The topological polar surface area (TPSA) is 112 Å². The van der Waals surface area contributed by atoms with Crippen LogP contribution in [0, 0.1) is 6.92 Å². The van der Waals surface area contributed by atoms with Crippen molar-refractivity contribution in [3.8, 4) is 22.6 Å². The molecule has 0 bridgehead atoms. The highest BCUT2D eigenvalue weighted by Gasteiger charge is 2.17. The SMILES string of the molecule is Cc1ccc(-c2csc3ncn(CC(=O)NC(=O)Nc4ccc5c(c4)OCO5)c(=O)c23)cc1. The highest BCUT2D eigenvalue weighted by molar-refractivity contribution is 7.17. The molecule has 1 aliphatic rings. The number of urea groups is 1. The molecule has 0 atom stereocenters. The van der Waals surface area contributed by atoms with Crippen LogP contribution in [-0.4, -0.2) is 28.3 Å². The van der Waals surface area contributed by atoms with Crippen LogP contribution in [0.15, 0.2) is 59.0 Å². The maximum Gasteiger partial charge on any atom is 0.325 e. The van der Waals surface area contributed by atoms with E-state index in [2.05, 4.69) is 15.6 Å². The van der Waals surface area contributed by atoms with Gasteiger partial charge >= 0.3 is 6.03 Å². The number of nitrogens with one attached hydrogen (secondary N) is 2. The van der Waals surface area contributed by atoms with E-state index < -0.39 is 11.9 Å². The van der Waals surface area contributed by atoms with Crippen LogP contribution in [0.4, 0.5) is 10.5 Å². The summed E-state index contributed by atoms with van der Waals surface area (Å²) in [4.78, 5) is 42.6. The summed E-state index contributed by atoms with van der Waals surface area (Å²) in [5, 5.41) is 7.11. The normalized spacial score (nSPS) is 12.0. The summed E-state index contributed by atoms with van der Waals surface area (Å²) in [7, 11) is 0. The fourth-order valence-corrected chi connectivity index (χ4v) is 4.39. The van der Waals surface area contributed by atoms with Crippen LogP contribution in [-0.2, 0) is 11.3 Å². The third kappa shape index (κ3) is 4.15. The Bertz CT molecular complexity index is 1440. The number of benzene rings is 2. The first-order chi connectivity index (χ1) is 16.0. The lowest BCUT2D eigenvalue weighted by molar-refractivity contribution is -0.120. The molecule has 0 unspecified atom stereocenters. The van der Waals surface area contributed by atoms with Gasteiger partial charge in [-0.25, -0.2) is 9.78 Å². The van der Waals surface area contributed by atoms with E-state index >= 15 is 0 Å². The second kappa shape index (κ2) is 8.40. The molecular formula is C23H18N4O5S. The number of ether oxygens (including phenoxy) is 2. The van der Waals surface area contributed by atoms with Crippen LogP contribution in [0.25, 0.3) is 21.3 Å². The standard InChI is InChI=1S/C23H18N4O5S/c1-13-2-4-14(5-3-13)16-10-33-21-20(16)22(29)27(11-24-21)9-19(28)26-23(30)25-15-6-7-17-18(8-15)32-12-31-17/h2-8,10-11H,9,12H2,1H3,(H2,25,26,28,30). The molecule has 2 aromatic carbocycles. The van der Waals surface area contributed by atoms with Gasteiger partial charge in [0.1, 0.15) is 11.4 Å². The molecular weight excluding hydrogens is 444 g/mol. The van der Waals surface area contributed by atoms with Gasteiger partial charge in [-0.15, -0.1) is 11.3 Å². The summed E-state index contributed by atoms with van der Waals surface area (Å²) < 4.78 is 11.7. The molecule has 0 radical (unpaired) electrons. The molecule has 0 saturated carbocycles. The van der Waals surface area contributed by atoms with E-state index in [9.17, 15) is 14.4 Å². The third-order valence-corrected chi connectivity index (χ3v) is 6.01. The maximum atomic E-state index is 13.1. The Morgan fingerprint density at radius 3 is 2.73 bits per heavy atom. The Kier molecular flexibility index (Phi) is 5.27. The number of rotatable bonds is 4. The zero-order chi connectivity index (χ0) is 22.9. The number of carbonyl (C=O) groups excluding carboxylic acids is 2. The number of hydrogen-bond donors (Lipinski definition) is 2. The molecule has 10 heteroatoms. The van der Waals surface area contributed by atoms with Crippen LogP contribution in [0.3, 0.4) is 0 Å². The lowest BCUT2D eigenvalue weighted by Gasteiger charge is -2.09. The number of anilines is 1. The van der Waals surface area contributed by atoms with Crippen LogP contribution < -0.4 is 25.7 Å². The van der Waals surface area contributed by atoms with Crippen molar-refractivity contribution in [1.29, 1.82) is 0 Å². The van der Waals surface area contributed by atoms with Crippen molar-refractivity contribution in [3.05, 3.63) is 70.1 Å². The first kappa shape index (κ1) is 20.7. The number of thiophene rings is 1. The number of amides is 3. The molecule has 2 N–H and O–H groups in total. The van der Waals surface area contributed by atoms with Gasteiger partial charge < -0.3 is 14.8 Å². The molecule has 9 nitrogen and oxygen atoms in total. The maximum absolute atomic E-state index is 13.1. The van der Waals surface area contributed by atoms with Crippen molar-refractivity contribution < 1.29 is 19.1 Å². The number of aryl methyl sites for hydroxylation is 1. The highest BCUT2D eigenvalue weighted by Crippen LogP contribution is 2.34. The Morgan fingerprint density at radius 1 is 1.12 bits per heavy atom. The molecule has 3 amide bonds. The Balaban J connectivity index is 1.31. The molecule has 166 valence electrons. The molecule has 0 spiro atoms. The zero-order valence-electron chi connectivity index (χ0n) is 17.5. The van der Waals surface area contributed by atoms with Crippen molar-refractivity contribution in [2.45, 2.75) is 13.5 Å². The fourth-order valence-electron chi connectivity index (χ4n) is 3.48. The quantitative estimate of drug-likeness (QED) is 0.480. The van der Waals surface area contributed by atoms with Crippen molar-refractivity contribution >= 4 is 39.2 Å². The molecule has 5 rings (SSSR count). The van der Waals surface area contributed by atoms with E-state index in [1.807, 2.05) is 36.6 Å². The minimum Gasteiger partial charge on any atom is -0.454 e. The predicted molar refractivity (Wildman–Crippen MR) is 124 cm³/mol. The van der Waals surface area contributed by atoms with Gasteiger partial charge in [0.2, 0.25) is 12.7 Å². The average Bonchev–Trinajstić information content (AvgIpc) is 3.43. The van der Waals surface area contributed by atoms with Gasteiger partial charge in [0, 0.05) is 22.7 Å². The number of imide groups is 1. The van der Waals surface area contributed by atoms with E-state index in [0.717, 1.165) is 16.7 Å². The van der Waals surface area contributed by atoms with Gasteiger partial charge in [-0.3, -0.25) is 19.5 Å². The molecule has 2 aromatic heterocycles. The molecule has 33 heavy (non-hydrogen) atoms. The van der Waals surface area contributed by atoms with Gasteiger partial charge in [0.05, 0.1) is 11.7 Å². The number of aromatic nitrogens is 2. The Hall–Kier alpha value is -4.18.